The number of rotatable bonds is 9. The number of hydrogen-bond donors (Lipinski definition) is 2. The fourth-order valence-corrected chi connectivity index (χ4v) is 2.70. The number of methoxy groups -OCH3 is 1. The van der Waals surface area contributed by atoms with Crippen LogP contribution >= 0.6 is 0 Å². The average molecular weight is 335 g/mol. The Balaban J connectivity index is 2.72. The summed E-state index contributed by atoms with van der Waals surface area (Å²) in [5.74, 6) is -0.558. The minimum absolute atomic E-state index is 0.150. The summed E-state index contributed by atoms with van der Waals surface area (Å²) in [6, 6.07) is 7.60. The molecule has 0 aliphatic carbocycles. The first kappa shape index (κ1) is 20.0. The molecule has 5 heteroatoms. The second-order valence-electron chi connectivity index (χ2n) is 7.25. The molecule has 0 saturated heterocycles. The Hall–Kier alpha value is -2.04. The van der Waals surface area contributed by atoms with E-state index in [0.717, 1.165) is 11.3 Å². The van der Waals surface area contributed by atoms with E-state index >= 15 is 0 Å². The van der Waals surface area contributed by atoms with E-state index in [4.69, 9.17) is 4.74 Å². The molecule has 0 fully saturated rings. The van der Waals surface area contributed by atoms with Crippen LogP contribution in [-0.2, 0) is 16.0 Å². The molecule has 1 rings (SSSR count). The highest BCUT2D eigenvalue weighted by Gasteiger charge is 2.30. The minimum atomic E-state index is -0.869. The molecule has 2 N–H and O–H groups in total. The minimum Gasteiger partial charge on any atom is -0.496 e. The Bertz CT molecular complexity index is 566. The van der Waals surface area contributed by atoms with Gasteiger partial charge in [-0.2, -0.15) is 0 Å². The van der Waals surface area contributed by atoms with Gasteiger partial charge in [-0.3, -0.25) is 9.59 Å². The van der Waals surface area contributed by atoms with Crippen LogP contribution in [0.5, 0.6) is 5.75 Å². The van der Waals surface area contributed by atoms with Crippen LogP contribution in [0.4, 0.5) is 0 Å². The molecule has 134 valence electrons. The Labute approximate surface area is 144 Å². The lowest BCUT2D eigenvalue weighted by atomic mass is 9.84. The summed E-state index contributed by atoms with van der Waals surface area (Å²) < 4.78 is 5.33. The Morgan fingerprint density at radius 1 is 1.25 bits per heavy atom. The van der Waals surface area contributed by atoms with Gasteiger partial charge in [0, 0.05) is 12.0 Å². The topological polar surface area (TPSA) is 75.6 Å². The first-order chi connectivity index (χ1) is 11.2. The van der Waals surface area contributed by atoms with Crippen molar-refractivity contribution in [2.45, 2.75) is 40.5 Å². The maximum absolute atomic E-state index is 12.5. The van der Waals surface area contributed by atoms with Crippen molar-refractivity contribution in [2.75, 3.05) is 13.7 Å². The number of para-hydroxylation sites is 1. The van der Waals surface area contributed by atoms with Crippen LogP contribution < -0.4 is 10.1 Å². The summed E-state index contributed by atoms with van der Waals surface area (Å²) in [6.45, 7) is 7.81. The molecule has 5 nitrogen and oxygen atoms in total. The number of carbonyl (C=O) groups is 2. The van der Waals surface area contributed by atoms with Gasteiger partial charge in [0.05, 0.1) is 13.0 Å². The summed E-state index contributed by atoms with van der Waals surface area (Å²) in [6.07, 6.45) is 1.06. The Morgan fingerprint density at radius 3 is 2.42 bits per heavy atom. The zero-order valence-corrected chi connectivity index (χ0v) is 15.3. The van der Waals surface area contributed by atoms with Gasteiger partial charge in [-0.15, -0.1) is 0 Å². The van der Waals surface area contributed by atoms with Crippen molar-refractivity contribution >= 4 is 11.9 Å². The highest BCUT2D eigenvalue weighted by atomic mass is 16.5. The van der Waals surface area contributed by atoms with E-state index in [2.05, 4.69) is 5.32 Å². The van der Waals surface area contributed by atoms with Crippen LogP contribution in [0.2, 0.25) is 0 Å². The fraction of sp³-hybridized carbons (Fsp3) is 0.579. The SMILES string of the molecule is COc1ccccc1CC(C)(C)C(=O)NCC(CC(C)C)C(=O)O. The predicted octanol–water partition coefficient (Wildman–Crippen LogP) is 3.13. The van der Waals surface area contributed by atoms with Crippen molar-refractivity contribution in [3.63, 3.8) is 0 Å². The number of ether oxygens (including phenoxy) is 1. The van der Waals surface area contributed by atoms with E-state index in [1.165, 1.54) is 0 Å². The Kier molecular flexibility index (Phi) is 7.26. The highest BCUT2D eigenvalue weighted by Crippen LogP contribution is 2.28. The van der Waals surface area contributed by atoms with Crippen molar-refractivity contribution in [1.29, 1.82) is 0 Å². The van der Waals surface area contributed by atoms with Crippen molar-refractivity contribution in [3.8, 4) is 5.75 Å². The summed E-state index contributed by atoms with van der Waals surface area (Å²) >= 11 is 0. The van der Waals surface area contributed by atoms with Gasteiger partial charge in [0.1, 0.15) is 5.75 Å². The zero-order chi connectivity index (χ0) is 18.3. The third-order valence-electron chi connectivity index (χ3n) is 4.05. The molecule has 0 spiro atoms. The monoisotopic (exact) mass is 335 g/mol. The van der Waals surface area contributed by atoms with E-state index < -0.39 is 17.3 Å². The van der Waals surface area contributed by atoms with Crippen LogP contribution in [0, 0.1) is 17.3 Å². The Morgan fingerprint density at radius 2 is 1.88 bits per heavy atom. The zero-order valence-electron chi connectivity index (χ0n) is 15.3. The number of nitrogens with one attached hydrogen (secondary N) is 1. The van der Waals surface area contributed by atoms with Crippen molar-refractivity contribution in [3.05, 3.63) is 29.8 Å². The lowest BCUT2D eigenvalue weighted by molar-refractivity contribution is -0.142. The maximum atomic E-state index is 12.5. The number of carboxylic acid groups (broad SMARTS) is 1. The van der Waals surface area contributed by atoms with Gasteiger partial charge in [0.2, 0.25) is 5.91 Å². The van der Waals surface area contributed by atoms with Gasteiger partial charge < -0.3 is 15.2 Å². The molecule has 0 aliphatic heterocycles. The molecule has 0 heterocycles. The third-order valence-corrected chi connectivity index (χ3v) is 4.05. The smallest absolute Gasteiger partial charge is 0.308 e. The predicted molar refractivity (Wildman–Crippen MR) is 94.1 cm³/mol. The average Bonchev–Trinajstić information content (AvgIpc) is 2.50. The van der Waals surface area contributed by atoms with Crippen LogP contribution in [0.3, 0.4) is 0 Å². The van der Waals surface area contributed by atoms with Gasteiger partial charge in [-0.05, 0) is 30.4 Å². The molecule has 0 radical (unpaired) electrons. The molecular formula is C19H29NO4. The normalized spacial score (nSPS) is 12.8. The van der Waals surface area contributed by atoms with Crippen LogP contribution in [0.15, 0.2) is 24.3 Å². The molecular weight excluding hydrogens is 306 g/mol. The lowest BCUT2D eigenvalue weighted by Gasteiger charge is -2.26. The molecule has 0 saturated carbocycles. The lowest BCUT2D eigenvalue weighted by Crippen LogP contribution is -2.42. The number of carbonyl (C=O) groups excluding carboxylic acids is 1. The number of aliphatic carboxylic acids is 1. The molecule has 1 unspecified atom stereocenters. The molecule has 0 aliphatic rings. The maximum Gasteiger partial charge on any atom is 0.308 e. The first-order valence-corrected chi connectivity index (χ1v) is 8.30. The fourth-order valence-electron chi connectivity index (χ4n) is 2.70. The van der Waals surface area contributed by atoms with E-state index in [-0.39, 0.29) is 18.4 Å². The molecule has 1 atom stereocenters. The standard InChI is InChI=1S/C19H29NO4/c1-13(2)10-15(17(21)22)12-20-18(23)19(3,4)11-14-8-6-7-9-16(14)24-5/h6-9,13,15H,10-12H2,1-5H3,(H,20,23)(H,21,22). The molecule has 24 heavy (non-hydrogen) atoms. The highest BCUT2D eigenvalue weighted by molar-refractivity contribution is 5.83. The summed E-state index contributed by atoms with van der Waals surface area (Å²) in [5.41, 5.74) is 0.298. The quantitative estimate of drug-likeness (QED) is 0.727. The summed E-state index contributed by atoms with van der Waals surface area (Å²) in [5, 5.41) is 12.1. The van der Waals surface area contributed by atoms with Crippen LogP contribution in [-0.4, -0.2) is 30.6 Å². The van der Waals surface area contributed by atoms with E-state index in [9.17, 15) is 14.7 Å². The van der Waals surface area contributed by atoms with Crippen LogP contribution in [0.1, 0.15) is 39.7 Å². The summed E-state index contributed by atoms with van der Waals surface area (Å²) in [4.78, 5) is 23.8. The third kappa shape index (κ3) is 5.87. The van der Waals surface area contributed by atoms with Crippen molar-refractivity contribution in [2.24, 2.45) is 17.3 Å². The molecule has 0 aromatic heterocycles. The van der Waals surface area contributed by atoms with Gasteiger partial charge >= 0.3 is 5.97 Å². The molecule has 1 aromatic rings. The molecule has 1 amide bonds. The number of benzene rings is 1. The second-order valence-corrected chi connectivity index (χ2v) is 7.25. The van der Waals surface area contributed by atoms with Gasteiger partial charge in [-0.25, -0.2) is 0 Å². The summed E-state index contributed by atoms with van der Waals surface area (Å²) in [7, 11) is 1.61. The van der Waals surface area contributed by atoms with E-state index in [1.54, 1.807) is 7.11 Å². The van der Waals surface area contributed by atoms with E-state index in [1.807, 2.05) is 52.0 Å². The second kappa shape index (κ2) is 8.71. The number of amides is 1. The van der Waals surface area contributed by atoms with Gasteiger partial charge in [0.25, 0.3) is 0 Å². The van der Waals surface area contributed by atoms with Crippen molar-refractivity contribution < 1.29 is 19.4 Å². The first-order valence-electron chi connectivity index (χ1n) is 8.30. The largest absolute Gasteiger partial charge is 0.496 e. The van der Waals surface area contributed by atoms with Crippen molar-refractivity contribution in [1.82, 2.24) is 5.32 Å². The number of hydrogen-bond acceptors (Lipinski definition) is 3. The molecule has 0 bridgehead atoms. The molecule has 1 aromatic carbocycles. The van der Waals surface area contributed by atoms with Gasteiger partial charge in [0.15, 0.2) is 0 Å². The van der Waals surface area contributed by atoms with Crippen LogP contribution in [0.25, 0.3) is 0 Å². The number of carboxylic acids is 1. The van der Waals surface area contributed by atoms with E-state index in [0.29, 0.717) is 12.8 Å². The van der Waals surface area contributed by atoms with Gasteiger partial charge in [-0.1, -0.05) is 45.9 Å².